The molecular weight excluding hydrogens is 370 g/mol. The minimum Gasteiger partial charge on any atom is -0.497 e. The number of aryl methyl sites for hydroxylation is 2. The van der Waals surface area contributed by atoms with Crippen LogP contribution in [0.25, 0.3) is 0 Å². The third-order valence-corrected chi connectivity index (χ3v) is 4.89. The Morgan fingerprint density at radius 3 is 2.62 bits per heavy atom. The summed E-state index contributed by atoms with van der Waals surface area (Å²) in [6.45, 7) is 2.57. The number of likely N-dealkylation sites (tertiary alicyclic amines) is 1. The molecule has 0 spiro atoms. The number of methoxy groups -OCH3 is 1. The van der Waals surface area contributed by atoms with Crippen molar-refractivity contribution < 1.29 is 14.3 Å². The Morgan fingerprint density at radius 1 is 1.17 bits per heavy atom. The number of carbonyl (C=O) groups is 1. The van der Waals surface area contributed by atoms with E-state index in [4.69, 9.17) is 9.47 Å². The number of rotatable bonds is 5. The van der Waals surface area contributed by atoms with E-state index in [0.717, 1.165) is 24.3 Å². The molecule has 1 fully saturated rings. The summed E-state index contributed by atoms with van der Waals surface area (Å²) in [5, 5.41) is 4.10. The lowest BCUT2D eigenvalue weighted by molar-refractivity contribution is 0.0729. The number of amides is 1. The summed E-state index contributed by atoms with van der Waals surface area (Å²) in [7, 11) is 3.42. The SMILES string of the molecule is COc1ccc(Oc2cc(C)nc(C3CCCN3C(=O)c3cnn(C)c3)n2)cc1. The Balaban J connectivity index is 1.57. The van der Waals surface area contributed by atoms with E-state index >= 15 is 0 Å². The summed E-state index contributed by atoms with van der Waals surface area (Å²) in [5.74, 6) is 2.42. The lowest BCUT2D eigenvalue weighted by atomic mass is 10.2. The fraction of sp³-hybridized carbons (Fsp3) is 0.333. The molecule has 1 atom stereocenters. The van der Waals surface area contributed by atoms with E-state index in [2.05, 4.69) is 15.1 Å². The van der Waals surface area contributed by atoms with E-state index < -0.39 is 0 Å². The third kappa shape index (κ3) is 4.06. The highest BCUT2D eigenvalue weighted by Gasteiger charge is 2.33. The van der Waals surface area contributed by atoms with Crippen molar-refractivity contribution in [3.63, 3.8) is 0 Å². The summed E-state index contributed by atoms with van der Waals surface area (Å²) >= 11 is 0. The highest BCUT2D eigenvalue weighted by molar-refractivity contribution is 5.94. The third-order valence-electron chi connectivity index (χ3n) is 4.89. The smallest absolute Gasteiger partial charge is 0.257 e. The van der Waals surface area contributed by atoms with Crippen LogP contribution >= 0.6 is 0 Å². The Bertz CT molecular complexity index is 1020. The zero-order valence-corrected chi connectivity index (χ0v) is 16.7. The minimum absolute atomic E-state index is 0.0525. The molecule has 0 aliphatic carbocycles. The topological polar surface area (TPSA) is 82.4 Å². The molecule has 1 aliphatic heterocycles. The summed E-state index contributed by atoms with van der Waals surface area (Å²) < 4.78 is 12.7. The number of hydrogen-bond acceptors (Lipinski definition) is 6. The maximum absolute atomic E-state index is 12.9. The van der Waals surface area contributed by atoms with E-state index in [1.54, 1.807) is 37.3 Å². The average Bonchev–Trinajstić information content (AvgIpc) is 3.37. The van der Waals surface area contributed by atoms with Crippen LogP contribution in [0.1, 0.15) is 40.8 Å². The van der Waals surface area contributed by atoms with Crippen molar-refractivity contribution in [2.45, 2.75) is 25.8 Å². The van der Waals surface area contributed by atoms with Gasteiger partial charge in [-0.15, -0.1) is 0 Å². The highest BCUT2D eigenvalue weighted by Crippen LogP contribution is 2.33. The molecule has 29 heavy (non-hydrogen) atoms. The van der Waals surface area contributed by atoms with Gasteiger partial charge in [0.05, 0.1) is 24.9 Å². The second-order valence-electron chi connectivity index (χ2n) is 7.04. The maximum Gasteiger partial charge on any atom is 0.257 e. The van der Waals surface area contributed by atoms with Gasteiger partial charge in [-0.1, -0.05) is 0 Å². The molecule has 4 rings (SSSR count). The van der Waals surface area contributed by atoms with Gasteiger partial charge in [-0.05, 0) is 44.0 Å². The second-order valence-corrected chi connectivity index (χ2v) is 7.04. The molecule has 1 amide bonds. The van der Waals surface area contributed by atoms with Crippen molar-refractivity contribution in [2.24, 2.45) is 7.05 Å². The fourth-order valence-corrected chi connectivity index (χ4v) is 3.50. The molecule has 1 unspecified atom stereocenters. The Morgan fingerprint density at radius 2 is 1.93 bits per heavy atom. The van der Waals surface area contributed by atoms with Crippen molar-refractivity contribution in [3.05, 3.63) is 59.8 Å². The molecule has 0 N–H and O–H groups in total. The maximum atomic E-state index is 12.9. The molecule has 1 aliphatic rings. The van der Waals surface area contributed by atoms with Gasteiger partial charge >= 0.3 is 0 Å². The fourth-order valence-electron chi connectivity index (χ4n) is 3.50. The van der Waals surface area contributed by atoms with Crippen LogP contribution in [0.3, 0.4) is 0 Å². The average molecular weight is 393 g/mol. The molecule has 8 heteroatoms. The minimum atomic E-state index is -0.180. The number of nitrogens with zero attached hydrogens (tertiary/aromatic N) is 5. The quantitative estimate of drug-likeness (QED) is 0.661. The van der Waals surface area contributed by atoms with Crippen molar-refractivity contribution >= 4 is 5.91 Å². The molecule has 0 radical (unpaired) electrons. The highest BCUT2D eigenvalue weighted by atomic mass is 16.5. The largest absolute Gasteiger partial charge is 0.497 e. The van der Waals surface area contributed by atoms with E-state index in [0.29, 0.717) is 29.6 Å². The van der Waals surface area contributed by atoms with Gasteiger partial charge in [0.25, 0.3) is 5.91 Å². The van der Waals surface area contributed by atoms with E-state index in [-0.39, 0.29) is 11.9 Å². The van der Waals surface area contributed by atoms with Gasteiger partial charge in [0.1, 0.15) is 11.5 Å². The van der Waals surface area contributed by atoms with E-state index in [9.17, 15) is 4.79 Å². The van der Waals surface area contributed by atoms with Crippen LogP contribution in [0, 0.1) is 6.92 Å². The summed E-state index contributed by atoms with van der Waals surface area (Å²) in [5.41, 5.74) is 1.36. The van der Waals surface area contributed by atoms with Gasteiger partial charge in [0.2, 0.25) is 5.88 Å². The van der Waals surface area contributed by atoms with Crippen LogP contribution < -0.4 is 9.47 Å². The van der Waals surface area contributed by atoms with Gasteiger partial charge in [-0.2, -0.15) is 10.1 Å². The first-order valence-electron chi connectivity index (χ1n) is 9.50. The van der Waals surface area contributed by atoms with Crippen LogP contribution in [0.5, 0.6) is 17.4 Å². The van der Waals surface area contributed by atoms with Crippen molar-refractivity contribution in [1.29, 1.82) is 0 Å². The molecule has 150 valence electrons. The molecule has 1 saturated heterocycles. The lowest BCUT2D eigenvalue weighted by Gasteiger charge is -2.23. The lowest BCUT2D eigenvalue weighted by Crippen LogP contribution is -2.31. The van der Waals surface area contributed by atoms with Crippen LogP contribution in [-0.2, 0) is 7.05 Å². The molecular formula is C21H23N5O3. The first-order chi connectivity index (χ1) is 14.0. The van der Waals surface area contributed by atoms with Crippen LogP contribution in [-0.4, -0.2) is 44.2 Å². The normalized spacial score (nSPS) is 16.1. The number of benzene rings is 1. The zero-order valence-electron chi connectivity index (χ0n) is 16.7. The summed E-state index contributed by atoms with van der Waals surface area (Å²) in [4.78, 5) is 24.0. The summed E-state index contributed by atoms with van der Waals surface area (Å²) in [6, 6.07) is 8.91. The van der Waals surface area contributed by atoms with Gasteiger partial charge < -0.3 is 14.4 Å². The first-order valence-corrected chi connectivity index (χ1v) is 9.50. The molecule has 0 saturated carbocycles. The van der Waals surface area contributed by atoms with E-state index in [1.807, 2.05) is 36.1 Å². The van der Waals surface area contributed by atoms with Gasteiger partial charge in [0.15, 0.2) is 5.82 Å². The molecule has 0 bridgehead atoms. The van der Waals surface area contributed by atoms with Gasteiger partial charge in [0, 0.05) is 31.5 Å². The molecule has 8 nitrogen and oxygen atoms in total. The van der Waals surface area contributed by atoms with Crippen molar-refractivity contribution in [1.82, 2.24) is 24.6 Å². The number of ether oxygens (including phenoxy) is 2. The number of carbonyl (C=O) groups excluding carboxylic acids is 1. The van der Waals surface area contributed by atoms with Crippen LogP contribution in [0.4, 0.5) is 0 Å². The van der Waals surface area contributed by atoms with Crippen LogP contribution in [0.2, 0.25) is 0 Å². The number of aromatic nitrogens is 4. The summed E-state index contributed by atoms with van der Waals surface area (Å²) in [6.07, 6.45) is 5.04. The second kappa shape index (κ2) is 7.90. The molecule has 1 aromatic carbocycles. The molecule has 3 aromatic rings. The molecule has 3 heterocycles. The van der Waals surface area contributed by atoms with Crippen molar-refractivity contribution in [2.75, 3.05) is 13.7 Å². The van der Waals surface area contributed by atoms with Gasteiger partial charge in [-0.25, -0.2) is 4.98 Å². The zero-order chi connectivity index (χ0) is 20.4. The Hall–Kier alpha value is -3.42. The van der Waals surface area contributed by atoms with E-state index in [1.165, 1.54) is 0 Å². The first kappa shape index (κ1) is 18.9. The standard InChI is InChI=1S/C21H23N5O3/c1-14-11-19(29-17-8-6-16(28-3)7-9-17)24-20(23-14)18-5-4-10-26(18)21(27)15-12-22-25(2)13-15/h6-9,11-13,18H,4-5,10H2,1-3H3. The predicted molar refractivity (Wildman–Crippen MR) is 106 cm³/mol. The Labute approximate surface area is 169 Å². The number of hydrogen-bond donors (Lipinski definition) is 0. The Kier molecular flexibility index (Phi) is 5.16. The predicted octanol–water partition coefficient (Wildman–Crippen LogP) is 3.30. The monoisotopic (exact) mass is 393 g/mol. The van der Waals surface area contributed by atoms with Crippen LogP contribution in [0.15, 0.2) is 42.7 Å². The van der Waals surface area contributed by atoms with Crippen molar-refractivity contribution in [3.8, 4) is 17.4 Å². The molecule has 2 aromatic heterocycles. The van der Waals surface area contributed by atoms with Gasteiger partial charge in [-0.3, -0.25) is 9.48 Å².